The average Bonchev–Trinajstić information content (AvgIpc) is 3.08. The Hall–Kier alpha value is -2.50. The van der Waals surface area contributed by atoms with Crippen molar-refractivity contribution < 1.29 is 4.52 Å². The van der Waals surface area contributed by atoms with E-state index in [4.69, 9.17) is 10.3 Å². The van der Waals surface area contributed by atoms with Crippen LogP contribution in [0.25, 0.3) is 0 Å². The molecule has 1 aromatic heterocycles. The van der Waals surface area contributed by atoms with Gasteiger partial charge in [-0.25, -0.2) is 0 Å². The van der Waals surface area contributed by atoms with Crippen LogP contribution < -0.4 is 5.73 Å². The minimum absolute atomic E-state index is 0.615. The highest BCUT2D eigenvalue weighted by Gasteiger charge is 2.12. The predicted molar refractivity (Wildman–Crippen MR) is 98.0 cm³/mol. The van der Waals surface area contributed by atoms with Crippen LogP contribution >= 0.6 is 0 Å². The standard InChI is InChI=1S/C20H24N4O/c21-12-14-24(13-11-17-7-3-1-4-8-17)16-19-22-20(25-23-19)15-18-9-5-2-6-10-18/h1-10H,11-16,21H2. The van der Waals surface area contributed by atoms with Crippen molar-refractivity contribution in [1.29, 1.82) is 0 Å². The van der Waals surface area contributed by atoms with E-state index in [1.54, 1.807) is 0 Å². The molecule has 0 aliphatic carbocycles. The molecule has 0 atom stereocenters. The summed E-state index contributed by atoms with van der Waals surface area (Å²) in [5.41, 5.74) is 8.24. The van der Waals surface area contributed by atoms with Crippen LogP contribution in [0.4, 0.5) is 0 Å². The molecule has 25 heavy (non-hydrogen) atoms. The smallest absolute Gasteiger partial charge is 0.231 e. The molecule has 0 unspecified atom stereocenters. The third-order valence-electron chi connectivity index (χ3n) is 4.08. The van der Waals surface area contributed by atoms with Crippen molar-refractivity contribution in [3.05, 3.63) is 83.5 Å². The van der Waals surface area contributed by atoms with Gasteiger partial charge in [-0.3, -0.25) is 4.90 Å². The van der Waals surface area contributed by atoms with Gasteiger partial charge in [-0.05, 0) is 17.5 Å². The zero-order valence-electron chi connectivity index (χ0n) is 14.3. The van der Waals surface area contributed by atoms with Gasteiger partial charge in [-0.15, -0.1) is 0 Å². The van der Waals surface area contributed by atoms with E-state index >= 15 is 0 Å². The van der Waals surface area contributed by atoms with E-state index in [9.17, 15) is 0 Å². The Bertz CT molecular complexity index is 743. The van der Waals surface area contributed by atoms with Crippen LogP contribution in [0.2, 0.25) is 0 Å². The molecule has 0 amide bonds. The molecule has 3 aromatic rings. The maximum Gasteiger partial charge on any atom is 0.231 e. The number of rotatable bonds is 9. The maximum absolute atomic E-state index is 5.75. The molecule has 3 rings (SSSR count). The highest BCUT2D eigenvalue weighted by atomic mass is 16.5. The minimum Gasteiger partial charge on any atom is -0.339 e. The molecule has 0 fully saturated rings. The normalized spacial score (nSPS) is 11.1. The fourth-order valence-corrected chi connectivity index (χ4v) is 2.78. The van der Waals surface area contributed by atoms with Crippen LogP contribution in [0.1, 0.15) is 22.8 Å². The highest BCUT2D eigenvalue weighted by Crippen LogP contribution is 2.09. The van der Waals surface area contributed by atoms with Gasteiger partial charge in [0.05, 0.1) is 13.0 Å². The van der Waals surface area contributed by atoms with Crippen LogP contribution in [0.5, 0.6) is 0 Å². The molecule has 0 aliphatic rings. The van der Waals surface area contributed by atoms with E-state index in [1.165, 1.54) is 11.1 Å². The Labute approximate surface area is 148 Å². The first kappa shape index (κ1) is 17.3. The second kappa shape index (κ2) is 9.11. The van der Waals surface area contributed by atoms with Crippen molar-refractivity contribution in [3.8, 4) is 0 Å². The fourth-order valence-electron chi connectivity index (χ4n) is 2.78. The molecule has 2 aromatic carbocycles. The molecule has 0 bridgehead atoms. The molecule has 5 heteroatoms. The number of nitrogens with zero attached hydrogens (tertiary/aromatic N) is 3. The molecule has 1 heterocycles. The number of benzene rings is 2. The van der Waals surface area contributed by atoms with E-state index in [0.29, 0.717) is 31.2 Å². The number of nitrogens with two attached hydrogens (primary N) is 1. The Morgan fingerprint density at radius 1 is 0.880 bits per heavy atom. The lowest BCUT2D eigenvalue weighted by atomic mass is 10.1. The largest absolute Gasteiger partial charge is 0.339 e. The number of aromatic nitrogens is 2. The second-order valence-electron chi connectivity index (χ2n) is 6.07. The molecular weight excluding hydrogens is 312 g/mol. The van der Waals surface area contributed by atoms with E-state index in [2.05, 4.69) is 51.4 Å². The van der Waals surface area contributed by atoms with Gasteiger partial charge >= 0.3 is 0 Å². The quantitative estimate of drug-likeness (QED) is 0.651. The lowest BCUT2D eigenvalue weighted by molar-refractivity contribution is 0.264. The Morgan fingerprint density at radius 2 is 1.56 bits per heavy atom. The van der Waals surface area contributed by atoms with Gasteiger partial charge in [-0.1, -0.05) is 65.8 Å². The van der Waals surface area contributed by atoms with Crippen LogP contribution in [0.3, 0.4) is 0 Å². The molecule has 0 spiro atoms. The molecule has 130 valence electrons. The molecule has 5 nitrogen and oxygen atoms in total. The monoisotopic (exact) mass is 336 g/mol. The van der Waals surface area contributed by atoms with E-state index in [0.717, 1.165) is 19.5 Å². The first-order valence-corrected chi connectivity index (χ1v) is 8.65. The van der Waals surface area contributed by atoms with E-state index < -0.39 is 0 Å². The van der Waals surface area contributed by atoms with Crippen molar-refractivity contribution in [1.82, 2.24) is 15.0 Å². The first-order chi connectivity index (χ1) is 12.3. The average molecular weight is 336 g/mol. The number of hydrogen-bond donors (Lipinski definition) is 1. The summed E-state index contributed by atoms with van der Waals surface area (Å²) < 4.78 is 5.39. The summed E-state index contributed by atoms with van der Waals surface area (Å²) >= 11 is 0. The Morgan fingerprint density at radius 3 is 2.24 bits per heavy atom. The predicted octanol–water partition coefficient (Wildman–Crippen LogP) is 2.66. The van der Waals surface area contributed by atoms with Gasteiger partial charge in [0, 0.05) is 19.6 Å². The van der Waals surface area contributed by atoms with Gasteiger partial charge in [-0.2, -0.15) is 4.98 Å². The topological polar surface area (TPSA) is 68.2 Å². The van der Waals surface area contributed by atoms with Crippen molar-refractivity contribution in [2.24, 2.45) is 5.73 Å². The zero-order valence-corrected chi connectivity index (χ0v) is 14.3. The summed E-state index contributed by atoms with van der Waals surface area (Å²) in [4.78, 5) is 6.79. The Kier molecular flexibility index (Phi) is 6.31. The highest BCUT2D eigenvalue weighted by molar-refractivity contribution is 5.18. The van der Waals surface area contributed by atoms with Crippen molar-refractivity contribution >= 4 is 0 Å². The van der Waals surface area contributed by atoms with Crippen molar-refractivity contribution in [3.63, 3.8) is 0 Å². The molecule has 0 saturated heterocycles. The van der Waals surface area contributed by atoms with Gasteiger partial charge < -0.3 is 10.3 Å². The van der Waals surface area contributed by atoms with Gasteiger partial charge in [0.25, 0.3) is 0 Å². The maximum atomic E-state index is 5.75. The van der Waals surface area contributed by atoms with E-state index in [-0.39, 0.29) is 0 Å². The molecule has 2 N–H and O–H groups in total. The molecule has 0 aliphatic heterocycles. The fraction of sp³-hybridized carbons (Fsp3) is 0.300. The summed E-state index contributed by atoms with van der Waals surface area (Å²) in [6.07, 6.45) is 1.64. The SMILES string of the molecule is NCCN(CCc1ccccc1)Cc1noc(Cc2ccccc2)n1. The Balaban J connectivity index is 1.56. The van der Waals surface area contributed by atoms with Crippen LogP contribution in [0, 0.1) is 0 Å². The second-order valence-corrected chi connectivity index (χ2v) is 6.07. The summed E-state index contributed by atoms with van der Waals surface area (Å²) in [6.45, 7) is 3.00. The summed E-state index contributed by atoms with van der Waals surface area (Å²) in [5.74, 6) is 1.37. The van der Waals surface area contributed by atoms with Crippen LogP contribution in [-0.2, 0) is 19.4 Å². The van der Waals surface area contributed by atoms with Gasteiger partial charge in [0.1, 0.15) is 0 Å². The minimum atomic E-state index is 0.615. The van der Waals surface area contributed by atoms with Crippen molar-refractivity contribution in [2.75, 3.05) is 19.6 Å². The summed E-state index contributed by atoms with van der Waals surface area (Å²) in [7, 11) is 0. The third kappa shape index (κ3) is 5.52. The summed E-state index contributed by atoms with van der Waals surface area (Å²) in [6, 6.07) is 20.6. The first-order valence-electron chi connectivity index (χ1n) is 8.65. The molecule has 0 radical (unpaired) electrons. The molecule has 0 saturated carbocycles. The lowest BCUT2D eigenvalue weighted by Gasteiger charge is -2.19. The van der Waals surface area contributed by atoms with Crippen LogP contribution in [-0.4, -0.2) is 34.7 Å². The zero-order chi connectivity index (χ0) is 17.3. The van der Waals surface area contributed by atoms with Crippen LogP contribution in [0.15, 0.2) is 65.2 Å². The third-order valence-corrected chi connectivity index (χ3v) is 4.08. The lowest BCUT2D eigenvalue weighted by Crippen LogP contribution is -2.31. The van der Waals surface area contributed by atoms with Gasteiger partial charge in [0.2, 0.25) is 5.89 Å². The van der Waals surface area contributed by atoms with Gasteiger partial charge in [0.15, 0.2) is 5.82 Å². The molecular formula is C20H24N4O. The number of hydrogen-bond acceptors (Lipinski definition) is 5. The van der Waals surface area contributed by atoms with E-state index in [1.807, 2.05) is 24.3 Å². The summed E-state index contributed by atoms with van der Waals surface area (Å²) in [5, 5.41) is 4.12. The van der Waals surface area contributed by atoms with Crippen molar-refractivity contribution in [2.45, 2.75) is 19.4 Å².